The second-order valence-corrected chi connectivity index (χ2v) is 8.51. The van der Waals surface area contributed by atoms with Gasteiger partial charge in [-0.15, -0.1) is 0 Å². The SMILES string of the molecule is O=C1c2ccc(OCCN3CCCC3)cc2-c2c(OCCN3CCCC3)cccc21. The van der Waals surface area contributed by atoms with Gasteiger partial charge >= 0.3 is 0 Å². The van der Waals surface area contributed by atoms with Crippen molar-refractivity contribution in [2.45, 2.75) is 25.7 Å². The van der Waals surface area contributed by atoms with Crippen molar-refractivity contribution in [3.63, 3.8) is 0 Å². The molecule has 5 rings (SSSR count). The van der Waals surface area contributed by atoms with E-state index in [1.165, 1.54) is 38.8 Å². The van der Waals surface area contributed by atoms with Crippen LogP contribution < -0.4 is 9.47 Å². The topological polar surface area (TPSA) is 42.0 Å². The highest BCUT2D eigenvalue weighted by Gasteiger charge is 2.30. The van der Waals surface area contributed by atoms with Gasteiger partial charge in [0.2, 0.25) is 0 Å². The molecule has 0 radical (unpaired) electrons. The van der Waals surface area contributed by atoms with E-state index in [1.54, 1.807) is 0 Å². The van der Waals surface area contributed by atoms with Gasteiger partial charge in [0.25, 0.3) is 0 Å². The van der Waals surface area contributed by atoms with Gasteiger partial charge in [0.1, 0.15) is 24.7 Å². The first-order valence-electron chi connectivity index (χ1n) is 11.3. The molecule has 0 spiro atoms. The number of likely N-dealkylation sites (tertiary alicyclic amines) is 2. The molecular formula is C25H30N2O3. The number of carbonyl (C=O) groups excluding carboxylic acids is 1. The highest BCUT2D eigenvalue weighted by Crippen LogP contribution is 2.44. The second kappa shape index (κ2) is 8.78. The predicted octanol–water partition coefficient (Wildman–Crippen LogP) is 3.85. The van der Waals surface area contributed by atoms with Crippen LogP contribution in [0.25, 0.3) is 11.1 Å². The van der Waals surface area contributed by atoms with Crippen molar-refractivity contribution in [3.05, 3.63) is 47.5 Å². The second-order valence-electron chi connectivity index (χ2n) is 8.51. The summed E-state index contributed by atoms with van der Waals surface area (Å²) in [6.07, 6.45) is 5.14. The molecule has 158 valence electrons. The first-order chi connectivity index (χ1) is 14.8. The lowest BCUT2D eigenvalue weighted by Gasteiger charge is -2.17. The Hall–Kier alpha value is -2.37. The summed E-state index contributed by atoms with van der Waals surface area (Å²) in [7, 11) is 0. The van der Waals surface area contributed by atoms with Gasteiger partial charge in [-0.25, -0.2) is 0 Å². The van der Waals surface area contributed by atoms with E-state index in [0.29, 0.717) is 13.2 Å². The fourth-order valence-corrected chi connectivity index (χ4v) is 4.87. The molecule has 0 saturated carbocycles. The van der Waals surface area contributed by atoms with Gasteiger partial charge < -0.3 is 9.47 Å². The average Bonchev–Trinajstić information content (AvgIpc) is 3.51. The molecule has 5 heteroatoms. The fraction of sp³-hybridized carbons (Fsp3) is 0.480. The molecule has 2 aliphatic heterocycles. The van der Waals surface area contributed by atoms with E-state index >= 15 is 0 Å². The number of rotatable bonds is 8. The van der Waals surface area contributed by atoms with Crippen LogP contribution in [-0.2, 0) is 0 Å². The zero-order chi connectivity index (χ0) is 20.3. The molecule has 2 aromatic rings. The third kappa shape index (κ3) is 3.96. The van der Waals surface area contributed by atoms with Crippen LogP contribution in [0.3, 0.4) is 0 Å². The van der Waals surface area contributed by atoms with Crippen molar-refractivity contribution in [3.8, 4) is 22.6 Å². The van der Waals surface area contributed by atoms with Gasteiger partial charge in [0, 0.05) is 35.3 Å². The number of nitrogens with zero attached hydrogens (tertiary/aromatic N) is 2. The number of hydrogen-bond donors (Lipinski definition) is 0. The highest BCUT2D eigenvalue weighted by molar-refractivity contribution is 6.22. The summed E-state index contributed by atoms with van der Waals surface area (Å²) in [5.74, 6) is 1.70. The lowest BCUT2D eigenvalue weighted by atomic mass is 10.0. The van der Waals surface area contributed by atoms with Crippen molar-refractivity contribution in [2.75, 3.05) is 52.5 Å². The number of ether oxygens (including phenoxy) is 2. The monoisotopic (exact) mass is 406 g/mol. The zero-order valence-corrected chi connectivity index (χ0v) is 17.6. The Morgan fingerprint density at radius 3 is 2.10 bits per heavy atom. The van der Waals surface area contributed by atoms with Crippen molar-refractivity contribution in [2.24, 2.45) is 0 Å². The molecule has 2 saturated heterocycles. The molecule has 2 fully saturated rings. The van der Waals surface area contributed by atoms with E-state index in [2.05, 4.69) is 9.80 Å². The quantitative estimate of drug-likeness (QED) is 0.568. The third-order valence-corrected chi connectivity index (χ3v) is 6.51. The lowest BCUT2D eigenvalue weighted by molar-refractivity contribution is 0.104. The normalized spacial score (nSPS) is 18.6. The van der Waals surface area contributed by atoms with Crippen molar-refractivity contribution in [1.29, 1.82) is 0 Å². The molecule has 5 nitrogen and oxygen atoms in total. The Balaban J connectivity index is 1.31. The van der Waals surface area contributed by atoms with E-state index in [1.807, 2.05) is 36.4 Å². The summed E-state index contributed by atoms with van der Waals surface area (Å²) in [6, 6.07) is 11.6. The summed E-state index contributed by atoms with van der Waals surface area (Å²) in [5.41, 5.74) is 3.33. The van der Waals surface area contributed by atoms with E-state index in [0.717, 1.165) is 59.9 Å². The molecule has 1 aliphatic carbocycles. The molecule has 2 heterocycles. The summed E-state index contributed by atoms with van der Waals surface area (Å²) >= 11 is 0. The van der Waals surface area contributed by atoms with Gasteiger partial charge in [0.05, 0.1) is 0 Å². The molecule has 0 atom stereocenters. The predicted molar refractivity (Wildman–Crippen MR) is 118 cm³/mol. The molecule has 30 heavy (non-hydrogen) atoms. The largest absolute Gasteiger partial charge is 0.492 e. The van der Waals surface area contributed by atoms with Gasteiger partial charge in [-0.05, 0) is 76.1 Å². The van der Waals surface area contributed by atoms with E-state index in [9.17, 15) is 4.79 Å². The van der Waals surface area contributed by atoms with E-state index in [-0.39, 0.29) is 5.78 Å². The Kier molecular flexibility index (Phi) is 5.73. The summed E-state index contributed by atoms with van der Waals surface area (Å²) in [6.45, 7) is 7.88. The van der Waals surface area contributed by atoms with E-state index < -0.39 is 0 Å². The zero-order valence-electron chi connectivity index (χ0n) is 17.6. The standard InChI is InChI=1S/C25H30N2O3/c28-25-20-9-8-19(29-16-14-26-10-1-2-11-26)18-22(20)24-21(25)6-5-7-23(24)30-17-15-27-12-3-4-13-27/h5-9,18H,1-4,10-17H2. The Morgan fingerprint density at radius 2 is 1.40 bits per heavy atom. The smallest absolute Gasteiger partial charge is 0.194 e. The Labute approximate surface area is 178 Å². The Bertz CT molecular complexity index is 915. The molecule has 0 amide bonds. The van der Waals surface area contributed by atoms with Crippen LogP contribution in [0.2, 0.25) is 0 Å². The first kappa shape index (κ1) is 19.6. The van der Waals surface area contributed by atoms with Crippen molar-refractivity contribution < 1.29 is 14.3 Å². The van der Waals surface area contributed by atoms with Crippen LogP contribution in [-0.4, -0.2) is 68.1 Å². The minimum Gasteiger partial charge on any atom is -0.492 e. The van der Waals surface area contributed by atoms with Crippen LogP contribution >= 0.6 is 0 Å². The maximum Gasteiger partial charge on any atom is 0.194 e. The minimum absolute atomic E-state index is 0.0774. The first-order valence-corrected chi connectivity index (χ1v) is 11.3. The molecule has 0 bridgehead atoms. The van der Waals surface area contributed by atoms with Crippen LogP contribution in [0, 0.1) is 0 Å². The number of ketones is 1. The maximum absolute atomic E-state index is 12.9. The Morgan fingerprint density at radius 1 is 0.733 bits per heavy atom. The summed E-state index contributed by atoms with van der Waals surface area (Å²) < 4.78 is 12.2. The molecular weight excluding hydrogens is 376 g/mol. The van der Waals surface area contributed by atoms with Gasteiger partial charge in [-0.2, -0.15) is 0 Å². The lowest BCUT2D eigenvalue weighted by Crippen LogP contribution is -2.25. The molecule has 2 aromatic carbocycles. The highest BCUT2D eigenvalue weighted by atomic mass is 16.5. The van der Waals surface area contributed by atoms with Gasteiger partial charge in [-0.1, -0.05) is 12.1 Å². The van der Waals surface area contributed by atoms with Crippen molar-refractivity contribution in [1.82, 2.24) is 9.80 Å². The van der Waals surface area contributed by atoms with E-state index in [4.69, 9.17) is 9.47 Å². The van der Waals surface area contributed by atoms with Gasteiger partial charge in [0.15, 0.2) is 5.78 Å². The van der Waals surface area contributed by atoms with Crippen LogP contribution in [0.1, 0.15) is 41.6 Å². The third-order valence-electron chi connectivity index (χ3n) is 6.51. The fourth-order valence-electron chi connectivity index (χ4n) is 4.87. The molecule has 3 aliphatic rings. The van der Waals surface area contributed by atoms with Crippen LogP contribution in [0.15, 0.2) is 36.4 Å². The van der Waals surface area contributed by atoms with Crippen molar-refractivity contribution >= 4 is 5.78 Å². The number of hydrogen-bond acceptors (Lipinski definition) is 5. The number of fused-ring (bicyclic) bond motifs is 3. The minimum atomic E-state index is 0.0774. The van der Waals surface area contributed by atoms with Gasteiger partial charge in [-0.3, -0.25) is 14.6 Å². The summed E-state index contributed by atoms with van der Waals surface area (Å²) in [5, 5.41) is 0. The van der Waals surface area contributed by atoms with Crippen LogP contribution in [0.5, 0.6) is 11.5 Å². The number of benzene rings is 2. The summed E-state index contributed by atoms with van der Waals surface area (Å²) in [4.78, 5) is 17.8. The molecule has 0 N–H and O–H groups in total. The van der Waals surface area contributed by atoms with Crippen LogP contribution in [0.4, 0.5) is 0 Å². The average molecular weight is 407 g/mol. The maximum atomic E-state index is 12.9. The molecule has 0 aromatic heterocycles. The number of carbonyl (C=O) groups is 1. The molecule has 0 unspecified atom stereocenters.